The molecule has 9 heteroatoms. The number of alkyl halides is 3. The number of nitrogens with one attached hydrogen (secondary N) is 1. The van der Waals surface area contributed by atoms with Gasteiger partial charge in [-0.05, 0) is 24.7 Å². The molecule has 5 nitrogen and oxygen atoms in total. The zero-order chi connectivity index (χ0) is 16.1. The molecule has 0 atom stereocenters. The normalized spacial score (nSPS) is 20.4. The van der Waals surface area contributed by atoms with E-state index in [1.165, 1.54) is 32.4 Å². The maximum absolute atomic E-state index is 11.0. The fourth-order valence-electron chi connectivity index (χ4n) is 2.53. The molecule has 0 aromatic carbocycles. The molecule has 124 valence electrons. The molecule has 0 amide bonds. The quantitative estimate of drug-likeness (QED) is 0.665. The summed E-state index contributed by atoms with van der Waals surface area (Å²) in [6, 6.07) is 0.586. The van der Waals surface area contributed by atoms with Gasteiger partial charge in [-0.1, -0.05) is 13.3 Å². The molecule has 0 bridgehead atoms. The van der Waals surface area contributed by atoms with Gasteiger partial charge in [0.1, 0.15) is 0 Å². The summed E-state index contributed by atoms with van der Waals surface area (Å²) in [6.45, 7) is 5.54. The molecule has 1 spiro atoms. The molecule has 2 fully saturated rings. The summed E-state index contributed by atoms with van der Waals surface area (Å²) < 4.78 is 44.8. The van der Waals surface area contributed by atoms with Gasteiger partial charge in [-0.15, -0.1) is 0 Å². The van der Waals surface area contributed by atoms with Crippen LogP contribution < -0.4 is 5.32 Å². The first kappa shape index (κ1) is 18.4. The van der Waals surface area contributed by atoms with E-state index < -0.39 is 12.1 Å². The van der Waals surface area contributed by atoms with Crippen molar-refractivity contribution in [1.82, 2.24) is 9.62 Å². The van der Waals surface area contributed by atoms with Crippen molar-refractivity contribution >= 4 is 17.8 Å². The first-order chi connectivity index (χ1) is 9.74. The van der Waals surface area contributed by atoms with Gasteiger partial charge in [-0.25, -0.2) is 13.3 Å². The molecule has 1 aliphatic heterocycles. The summed E-state index contributed by atoms with van der Waals surface area (Å²) in [4.78, 5) is 8.90. The Kier molecular flexibility index (Phi) is 6.61. The van der Waals surface area contributed by atoms with Crippen molar-refractivity contribution in [2.45, 2.75) is 44.8 Å². The molecule has 0 aromatic heterocycles. The van der Waals surface area contributed by atoms with E-state index in [1.807, 2.05) is 0 Å². The van der Waals surface area contributed by atoms with Crippen molar-refractivity contribution in [2.24, 2.45) is 5.41 Å². The average molecular weight is 330 g/mol. The number of aliphatic carboxylic acids is 1. The lowest BCUT2D eigenvalue weighted by Crippen LogP contribution is -2.64. The molecule has 0 radical (unpaired) electrons. The lowest BCUT2D eigenvalue weighted by molar-refractivity contribution is -0.192. The third kappa shape index (κ3) is 5.23. The highest BCUT2D eigenvalue weighted by atomic mass is 32.2. The lowest BCUT2D eigenvalue weighted by atomic mass is 9.61. The van der Waals surface area contributed by atoms with Crippen LogP contribution in [0.4, 0.5) is 13.2 Å². The Hall–Kier alpha value is -0.670. The van der Waals surface area contributed by atoms with Crippen molar-refractivity contribution in [3.8, 4) is 0 Å². The highest BCUT2D eigenvalue weighted by Crippen LogP contribution is 2.46. The number of carboxylic acid groups (broad SMARTS) is 1. The fraction of sp³-hybridized carbons (Fsp3) is 0.917. The summed E-state index contributed by atoms with van der Waals surface area (Å²) in [5, 5.41) is 10.5. The van der Waals surface area contributed by atoms with E-state index >= 15 is 0 Å². The van der Waals surface area contributed by atoms with Gasteiger partial charge in [0.15, 0.2) is 0 Å². The minimum absolute atomic E-state index is 0.227. The molecule has 1 heterocycles. The maximum Gasteiger partial charge on any atom is 0.490 e. The van der Waals surface area contributed by atoms with Crippen LogP contribution in [0.1, 0.15) is 32.6 Å². The van der Waals surface area contributed by atoms with Crippen LogP contribution in [0.25, 0.3) is 0 Å². The monoisotopic (exact) mass is 330 g/mol. The standard InChI is InChI=1S/C10H20N2OS.C2HF3O2/c1-2-3-4-12(14-13)9-5-10(6-9)7-11-8-10;3-2(4,5)1(6)7/h9,11,14H,2-8H2,1H3;(H,6,7). The Morgan fingerprint density at radius 2 is 1.95 bits per heavy atom. The first-order valence-corrected chi connectivity index (χ1v) is 7.61. The van der Waals surface area contributed by atoms with Crippen molar-refractivity contribution < 1.29 is 27.3 Å². The molecule has 0 aromatic rings. The summed E-state index contributed by atoms with van der Waals surface area (Å²) in [5.41, 5.74) is 0.597. The van der Waals surface area contributed by atoms with Crippen LogP contribution >= 0.6 is 0 Å². The van der Waals surface area contributed by atoms with Crippen molar-refractivity contribution in [1.29, 1.82) is 0 Å². The number of carbonyl (C=O) groups is 1. The number of unbranched alkanes of at least 4 members (excludes halogenated alkanes) is 1. The lowest BCUT2D eigenvalue weighted by Gasteiger charge is -2.56. The smallest absolute Gasteiger partial charge is 0.475 e. The highest BCUT2D eigenvalue weighted by molar-refractivity contribution is 7.63. The van der Waals surface area contributed by atoms with Crippen LogP contribution in [0.2, 0.25) is 0 Å². The third-order valence-corrected chi connectivity index (χ3v) is 4.58. The molecule has 2 rings (SSSR count). The van der Waals surface area contributed by atoms with Gasteiger partial charge in [-0.3, -0.25) is 0 Å². The number of thiol groups is 1. The summed E-state index contributed by atoms with van der Waals surface area (Å²) in [6.07, 6.45) is -0.236. The van der Waals surface area contributed by atoms with Crippen LogP contribution in [0, 0.1) is 5.41 Å². The zero-order valence-corrected chi connectivity index (χ0v) is 12.7. The van der Waals surface area contributed by atoms with E-state index in [2.05, 4.69) is 16.5 Å². The highest BCUT2D eigenvalue weighted by Gasteiger charge is 2.50. The minimum Gasteiger partial charge on any atom is -0.475 e. The van der Waals surface area contributed by atoms with Crippen LogP contribution in [0.5, 0.6) is 0 Å². The zero-order valence-electron chi connectivity index (χ0n) is 11.8. The second-order valence-corrected chi connectivity index (χ2v) is 6.24. The summed E-state index contributed by atoms with van der Waals surface area (Å²) >= 11 is 0.227. The SMILES string of the molecule is CCCCN([SH]=O)C1CC2(CNC2)C1.O=C(O)C(F)(F)F. The van der Waals surface area contributed by atoms with Crippen LogP contribution in [-0.2, 0) is 16.6 Å². The molecular weight excluding hydrogens is 309 g/mol. The van der Waals surface area contributed by atoms with Gasteiger partial charge in [-0.2, -0.15) is 13.2 Å². The number of hydrogen-bond donors (Lipinski definition) is 3. The topological polar surface area (TPSA) is 69.6 Å². The van der Waals surface area contributed by atoms with Gasteiger partial charge < -0.3 is 10.4 Å². The fourth-order valence-corrected chi connectivity index (χ4v) is 3.05. The number of carboxylic acids is 1. The van der Waals surface area contributed by atoms with Crippen LogP contribution in [0.3, 0.4) is 0 Å². The van der Waals surface area contributed by atoms with E-state index in [1.54, 1.807) is 0 Å². The Morgan fingerprint density at radius 3 is 2.24 bits per heavy atom. The first-order valence-electron chi connectivity index (χ1n) is 6.85. The molecule has 21 heavy (non-hydrogen) atoms. The van der Waals surface area contributed by atoms with Crippen LogP contribution in [0.15, 0.2) is 0 Å². The second-order valence-electron chi connectivity index (χ2n) is 5.57. The molecular formula is C12H21F3N2O3S. The molecule has 2 N–H and O–H groups in total. The third-order valence-electron chi connectivity index (χ3n) is 3.85. The van der Waals surface area contributed by atoms with Crippen molar-refractivity contribution in [3.05, 3.63) is 0 Å². The van der Waals surface area contributed by atoms with E-state index in [0.29, 0.717) is 11.5 Å². The summed E-state index contributed by atoms with van der Waals surface area (Å²) in [7, 11) is 0. The Balaban J connectivity index is 0.000000270. The Labute approximate surface area is 125 Å². The van der Waals surface area contributed by atoms with E-state index in [-0.39, 0.29) is 11.9 Å². The van der Waals surface area contributed by atoms with E-state index in [0.717, 1.165) is 13.0 Å². The van der Waals surface area contributed by atoms with Gasteiger partial charge in [0.05, 0.1) is 11.9 Å². The van der Waals surface area contributed by atoms with Gasteiger partial charge in [0, 0.05) is 25.7 Å². The Bertz CT molecular complexity index is 367. The average Bonchev–Trinajstić information content (AvgIpc) is 2.29. The molecule has 1 aliphatic carbocycles. The predicted octanol–water partition coefficient (Wildman–Crippen LogP) is 1.33. The maximum atomic E-state index is 11.0. The molecule has 1 saturated carbocycles. The molecule has 0 unspecified atom stereocenters. The molecule has 2 aliphatic rings. The largest absolute Gasteiger partial charge is 0.490 e. The number of rotatable bonds is 5. The number of nitrogens with zero attached hydrogens (tertiary/aromatic N) is 1. The van der Waals surface area contributed by atoms with Crippen molar-refractivity contribution in [2.75, 3.05) is 19.6 Å². The van der Waals surface area contributed by atoms with Gasteiger partial charge in [0.2, 0.25) is 0 Å². The van der Waals surface area contributed by atoms with Gasteiger partial charge >= 0.3 is 12.1 Å². The number of hydrogen-bond acceptors (Lipinski definition) is 3. The van der Waals surface area contributed by atoms with Crippen molar-refractivity contribution in [3.63, 3.8) is 0 Å². The predicted molar refractivity (Wildman–Crippen MR) is 73.2 cm³/mol. The molecule has 1 saturated heterocycles. The minimum atomic E-state index is -5.08. The number of halogens is 3. The van der Waals surface area contributed by atoms with Crippen LogP contribution in [-0.4, -0.2) is 51.4 Å². The van der Waals surface area contributed by atoms with E-state index in [4.69, 9.17) is 9.90 Å². The Morgan fingerprint density at radius 1 is 1.43 bits per heavy atom. The second kappa shape index (κ2) is 7.55. The summed E-state index contributed by atoms with van der Waals surface area (Å²) in [5.74, 6) is -2.76. The van der Waals surface area contributed by atoms with E-state index in [9.17, 15) is 17.4 Å². The van der Waals surface area contributed by atoms with Gasteiger partial charge in [0.25, 0.3) is 0 Å².